The second-order valence-electron chi connectivity index (χ2n) is 1.95. The predicted molar refractivity (Wildman–Crippen MR) is 19.3 cm³/mol. The van der Waals surface area contributed by atoms with E-state index in [1.165, 1.54) is 0 Å². The SMILES string of the molecule is CC1(F)C(F)C1F. The lowest BCUT2D eigenvalue weighted by Gasteiger charge is -1.84. The molecule has 0 heterocycles. The number of alkyl halides is 3. The molecule has 2 unspecified atom stereocenters. The zero-order valence-electron chi connectivity index (χ0n) is 3.79. The van der Waals surface area contributed by atoms with Crippen molar-refractivity contribution in [3.05, 3.63) is 0 Å². The van der Waals surface area contributed by atoms with Crippen molar-refractivity contribution in [1.82, 2.24) is 0 Å². The molecule has 7 heavy (non-hydrogen) atoms. The van der Waals surface area contributed by atoms with Gasteiger partial charge in [-0.05, 0) is 6.92 Å². The maximum atomic E-state index is 11.8. The van der Waals surface area contributed by atoms with Gasteiger partial charge in [0.1, 0.15) is 0 Å². The van der Waals surface area contributed by atoms with Crippen LogP contribution >= 0.6 is 0 Å². The number of halogens is 3. The predicted octanol–water partition coefficient (Wildman–Crippen LogP) is 1.40. The molecule has 0 aliphatic heterocycles. The molecule has 2 atom stereocenters. The van der Waals surface area contributed by atoms with E-state index in [1.54, 1.807) is 0 Å². The highest BCUT2D eigenvalue weighted by Gasteiger charge is 2.66. The number of hydrogen-bond acceptors (Lipinski definition) is 0. The molecule has 1 aliphatic carbocycles. The van der Waals surface area contributed by atoms with Gasteiger partial charge in [-0.2, -0.15) is 0 Å². The Kier molecular flexibility index (Phi) is 0.674. The Hall–Kier alpha value is -0.210. The van der Waals surface area contributed by atoms with Crippen molar-refractivity contribution < 1.29 is 13.2 Å². The minimum Gasteiger partial charge on any atom is -0.240 e. The van der Waals surface area contributed by atoms with Crippen LogP contribution in [0.4, 0.5) is 13.2 Å². The smallest absolute Gasteiger partial charge is 0.176 e. The normalized spacial score (nSPS) is 60.0. The molecule has 3 heteroatoms. The van der Waals surface area contributed by atoms with Crippen molar-refractivity contribution in [2.75, 3.05) is 0 Å². The van der Waals surface area contributed by atoms with Gasteiger partial charge in [0.15, 0.2) is 18.0 Å². The van der Waals surface area contributed by atoms with Crippen LogP contribution in [0, 0.1) is 0 Å². The van der Waals surface area contributed by atoms with E-state index in [1.807, 2.05) is 0 Å². The molecule has 0 amide bonds. The Morgan fingerprint density at radius 2 is 1.43 bits per heavy atom. The molecule has 42 valence electrons. The van der Waals surface area contributed by atoms with Crippen molar-refractivity contribution in [3.8, 4) is 0 Å². The molecule has 0 N–H and O–H groups in total. The lowest BCUT2D eigenvalue weighted by Crippen LogP contribution is -1.96. The van der Waals surface area contributed by atoms with Gasteiger partial charge in [-0.1, -0.05) is 0 Å². The molecule has 0 aromatic carbocycles. The van der Waals surface area contributed by atoms with E-state index < -0.39 is 18.0 Å². The fourth-order valence-electron chi connectivity index (χ4n) is 0.385. The quantitative estimate of drug-likeness (QED) is 0.442. The Morgan fingerprint density at radius 1 is 1.29 bits per heavy atom. The summed E-state index contributed by atoms with van der Waals surface area (Å²) in [6, 6.07) is 0. The van der Waals surface area contributed by atoms with Crippen LogP contribution in [0.1, 0.15) is 6.92 Å². The van der Waals surface area contributed by atoms with Gasteiger partial charge in [0, 0.05) is 0 Å². The maximum Gasteiger partial charge on any atom is 0.176 e. The summed E-state index contributed by atoms with van der Waals surface area (Å²) in [6.45, 7) is 0.919. The summed E-state index contributed by atoms with van der Waals surface area (Å²) in [7, 11) is 0. The molecule has 1 saturated carbocycles. The zero-order valence-corrected chi connectivity index (χ0v) is 3.79. The lowest BCUT2D eigenvalue weighted by molar-refractivity contribution is 0.253. The monoisotopic (exact) mass is 110 g/mol. The summed E-state index contributed by atoms with van der Waals surface area (Å²) in [5, 5.41) is 0. The van der Waals surface area contributed by atoms with Crippen molar-refractivity contribution >= 4 is 0 Å². The van der Waals surface area contributed by atoms with Crippen LogP contribution in [0.3, 0.4) is 0 Å². The highest BCUT2D eigenvalue weighted by molar-refractivity contribution is 5.12. The zero-order chi connectivity index (χ0) is 5.65. The van der Waals surface area contributed by atoms with Gasteiger partial charge in [0.2, 0.25) is 0 Å². The Morgan fingerprint density at radius 3 is 1.43 bits per heavy atom. The van der Waals surface area contributed by atoms with E-state index in [-0.39, 0.29) is 0 Å². The molecule has 0 nitrogen and oxygen atoms in total. The third-order valence-electron chi connectivity index (χ3n) is 1.23. The van der Waals surface area contributed by atoms with Gasteiger partial charge in [-0.3, -0.25) is 0 Å². The fourth-order valence-corrected chi connectivity index (χ4v) is 0.385. The van der Waals surface area contributed by atoms with Crippen LogP contribution < -0.4 is 0 Å². The maximum absolute atomic E-state index is 11.8. The molecule has 0 aromatic heterocycles. The minimum atomic E-state index is -2.17. The van der Waals surface area contributed by atoms with Crippen LogP contribution in [0.2, 0.25) is 0 Å². The van der Waals surface area contributed by atoms with E-state index in [4.69, 9.17) is 0 Å². The Balaban J connectivity index is 2.52. The first-order valence-corrected chi connectivity index (χ1v) is 2.04. The van der Waals surface area contributed by atoms with E-state index in [9.17, 15) is 13.2 Å². The van der Waals surface area contributed by atoms with E-state index >= 15 is 0 Å². The van der Waals surface area contributed by atoms with Crippen LogP contribution in [-0.2, 0) is 0 Å². The van der Waals surface area contributed by atoms with Gasteiger partial charge in [0.25, 0.3) is 0 Å². The number of rotatable bonds is 0. The van der Waals surface area contributed by atoms with Crippen molar-refractivity contribution in [2.45, 2.75) is 24.9 Å². The summed E-state index contributed by atoms with van der Waals surface area (Å²) in [4.78, 5) is 0. The van der Waals surface area contributed by atoms with Crippen molar-refractivity contribution in [2.24, 2.45) is 0 Å². The first kappa shape index (κ1) is 4.94. The standard InChI is InChI=1S/C4H5F3/c1-4(7)2(5)3(4)6/h2-3H,1H3. The summed E-state index contributed by atoms with van der Waals surface area (Å²) in [5.74, 6) is 0. The van der Waals surface area contributed by atoms with Crippen LogP contribution in [-0.4, -0.2) is 18.0 Å². The molecular weight excluding hydrogens is 105 g/mol. The van der Waals surface area contributed by atoms with Gasteiger partial charge < -0.3 is 0 Å². The second kappa shape index (κ2) is 0.956. The lowest BCUT2D eigenvalue weighted by atomic mass is 10.4. The van der Waals surface area contributed by atoms with E-state index in [0.717, 1.165) is 6.92 Å². The summed E-state index contributed by atoms with van der Waals surface area (Å²) in [5.41, 5.74) is -2.17. The first-order valence-electron chi connectivity index (χ1n) is 2.04. The van der Waals surface area contributed by atoms with Crippen molar-refractivity contribution in [1.29, 1.82) is 0 Å². The third-order valence-corrected chi connectivity index (χ3v) is 1.23. The van der Waals surface area contributed by atoms with Crippen LogP contribution in [0.15, 0.2) is 0 Å². The highest BCUT2D eigenvalue weighted by Crippen LogP contribution is 2.45. The molecular formula is C4H5F3. The molecule has 0 aromatic rings. The molecule has 1 aliphatic rings. The van der Waals surface area contributed by atoms with E-state index in [0.29, 0.717) is 0 Å². The number of hydrogen-bond donors (Lipinski definition) is 0. The molecule has 0 spiro atoms. The molecule has 0 saturated heterocycles. The Bertz CT molecular complexity index is 78.9. The average molecular weight is 110 g/mol. The third kappa shape index (κ3) is 0.437. The summed E-state index contributed by atoms with van der Waals surface area (Å²) >= 11 is 0. The van der Waals surface area contributed by atoms with Gasteiger partial charge in [-0.15, -0.1) is 0 Å². The molecule has 1 fully saturated rings. The second-order valence-corrected chi connectivity index (χ2v) is 1.95. The highest BCUT2D eigenvalue weighted by atomic mass is 19.2. The molecule has 0 radical (unpaired) electrons. The topological polar surface area (TPSA) is 0 Å². The first-order chi connectivity index (χ1) is 3.07. The summed E-state index contributed by atoms with van der Waals surface area (Å²) < 4.78 is 34.9. The summed E-state index contributed by atoms with van der Waals surface area (Å²) in [6.07, 6.45) is -3.74. The van der Waals surface area contributed by atoms with Gasteiger partial charge in [-0.25, -0.2) is 13.2 Å². The van der Waals surface area contributed by atoms with Crippen molar-refractivity contribution in [3.63, 3.8) is 0 Å². The van der Waals surface area contributed by atoms with Gasteiger partial charge in [0.05, 0.1) is 0 Å². The van der Waals surface area contributed by atoms with Crippen LogP contribution in [0.5, 0.6) is 0 Å². The van der Waals surface area contributed by atoms with Crippen LogP contribution in [0.25, 0.3) is 0 Å². The largest absolute Gasteiger partial charge is 0.240 e. The Labute approximate surface area is 39.3 Å². The molecule has 0 bridgehead atoms. The van der Waals surface area contributed by atoms with E-state index in [2.05, 4.69) is 0 Å². The fraction of sp³-hybridized carbons (Fsp3) is 1.00. The van der Waals surface area contributed by atoms with Gasteiger partial charge >= 0.3 is 0 Å². The molecule has 1 rings (SSSR count). The minimum absolute atomic E-state index is 0.919. The average Bonchev–Trinajstić information content (AvgIpc) is 1.91.